The van der Waals surface area contributed by atoms with Gasteiger partial charge in [-0.2, -0.15) is 0 Å². The van der Waals surface area contributed by atoms with Crippen LogP contribution in [0.25, 0.3) is 0 Å². The lowest BCUT2D eigenvalue weighted by atomic mass is 10.2. The van der Waals surface area contributed by atoms with Gasteiger partial charge in [-0.05, 0) is 55.8 Å². The fraction of sp³-hybridized carbons (Fsp3) is 0.278. The maximum absolute atomic E-state index is 11.9. The highest BCUT2D eigenvalue weighted by Crippen LogP contribution is 2.18. The summed E-state index contributed by atoms with van der Waals surface area (Å²) in [5.41, 5.74) is 1.93. The molecule has 1 N–H and O–H groups in total. The monoisotopic (exact) mass is 349 g/mol. The highest BCUT2D eigenvalue weighted by atomic mass is 35.5. The van der Waals surface area contributed by atoms with Crippen molar-refractivity contribution in [3.63, 3.8) is 0 Å². The van der Waals surface area contributed by atoms with E-state index < -0.39 is 0 Å². The van der Waals surface area contributed by atoms with Crippen LogP contribution in [0, 0.1) is 0 Å². The summed E-state index contributed by atoms with van der Waals surface area (Å²) in [6.07, 6.45) is 0.139. The van der Waals surface area contributed by atoms with Gasteiger partial charge in [0.15, 0.2) is 0 Å². The molecular formula is C18H20ClNO2S. The molecule has 0 aliphatic heterocycles. The number of halogens is 1. The molecule has 0 aliphatic carbocycles. The number of benzene rings is 2. The molecule has 0 bridgehead atoms. The van der Waals surface area contributed by atoms with Crippen LogP contribution in [-0.2, 0) is 10.5 Å². The van der Waals surface area contributed by atoms with Crippen LogP contribution in [0.2, 0.25) is 5.02 Å². The fourth-order valence-corrected chi connectivity index (χ4v) is 2.84. The lowest BCUT2D eigenvalue weighted by Crippen LogP contribution is -2.14. The van der Waals surface area contributed by atoms with E-state index in [1.54, 1.807) is 11.8 Å². The van der Waals surface area contributed by atoms with Crippen molar-refractivity contribution in [2.24, 2.45) is 0 Å². The molecule has 3 nitrogen and oxygen atoms in total. The third kappa shape index (κ3) is 6.55. The van der Waals surface area contributed by atoms with E-state index in [1.165, 1.54) is 0 Å². The lowest BCUT2D eigenvalue weighted by Gasteiger charge is -2.10. The number of nitrogens with one attached hydrogen (secondary N) is 1. The fourth-order valence-electron chi connectivity index (χ4n) is 1.93. The summed E-state index contributed by atoms with van der Waals surface area (Å²) in [5, 5.41) is 3.60. The molecule has 0 unspecified atom stereocenters. The molecule has 0 aliphatic rings. The summed E-state index contributed by atoms with van der Waals surface area (Å²) < 4.78 is 5.57. The summed E-state index contributed by atoms with van der Waals surface area (Å²) in [6, 6.07) is 15.1. The zero-order valence-corrected chi connectivity index (χ0v) is 14.8. The standard InChI is InChI=1S/C18H20ClNO2S/c1-13(2)22-17-9-7-16(8-10-17)20-18(21)12-23-11-14-3-5-15(19)6-4-14/h3-10,13H,11-12H2,1-2H3,(H,20,21). The number of thioether (sulfide) groups is 1. The minimum atomic E-state index is -0.0125. The molecule has 1 amide bonds. The predicted octanol–water partition coefficient (Wildman–Crippen LogP) is 5.00. The Balaban J connectivity index is 1.75. The van der Waals surface area contributed by atoms with E-state index in [0.29, 0.717) is 5.75 Å². The topological polar surface area (TPSA) is 38.3 Å². The minimum absolute atomic E-state index is 0.0125. The minimum Gasteiger partial charge on any atom is -0.491 e. The van der Waals surface area contributed by atoms with Crippen molar-refractivity contribution in [2.75, 3.05) is 11.1 Å². The van der Waals surface area contributed by atoms with Gasteiger partial charge in [0.05, 0.1) is 11.9 Å². The smallest absolute Gasteiger partial charge is 0.234 e. The molecule has 0 saturated carbocycles. The molecular weight excluding hydrogens is 330 g/mol. The first-order chi connectivity index (χ1) is 11.0. The quantitative estimate of drug-likeness (QED) is 0.764. The molecule has 0 aromatic heterocycles. The first-order valence-corrected chi connectivity index (χ1v) is 8.95. The molecule has 122 valence electrons. The second-order valence-electron chi connectivity index (χ2n) is 5.36. The first kappa shape index (κ1) is 17.7. The number of carbonyl (C=O) groups is 1. The van der Waals surface area contributed by atoms with Crippen LogP contribution < -0.4 is 10.1 Å². The molecule has 2 aromatic rings. The van der Waals surface area contributed by atoms with Gasteiger partial charge in [-0.1, -0.05) is 23.7 Å². The van der Waals surface area contributed by atoms with Gasteiger partial charge < -0.3 is 10.1 Å². The van der Waals surface area contributed by atoms with Crippen LogP contribution in [0.5, 0.6) is 5.75 Å². The van der Waals surface area contributed by atoms with Crippen LogP contribution in [0.3, 0.4) is 0 Å². The van der Waals surface area contributed by atoms with Gasteiger partial charge in [0, 0.05) is 16.5 Å². The van der Waals surface area contributed by atoms with E-state index >= 15 is 0 Å². The number of ether oxygens (including phenoxy) is 1. The predicted molar refractivity (Wildman–Crippen MR) is 98.4 cm³/mol. The van der Waals surface area contributed by atoms with Crippen molar-refractivity contribution in [3.05, 3.63) is 59.1 Å². The number of anilines is 1. The summed E-state index contributed by atoms with van der Waals surface area (Å²) in [6.45, 7) is 3.96. The second-order valence-corrected chi connectivity index (χ2v) is 6.78. The summed E-state index contributed by atoms with van der Waals surface area (Å²) in [5.74, 6) is 1.98. The molecule has 0 spiro atoms. The van der Waals surface area contributed by atoms with Gasteiger partial charge in [0.1, 0.15) is 5.75 Å². The van der Waals surface area contributed by atoms with Crippen molar-refractivity contribution in [1.82, 2.24) is 0 Å². The zero-order valence-electron chi connectivity index (χ0n) is 13.2. The van der Waals surface area contributed by atoms with Crippen LogP contribution in [-0.4, -0.2) is 17.8 Å². The van der Waals surface area contributed by atoms with E-state index in [-0.39, 0.29) is 12.0 Å². The van der Waals surface area contributed by atoms with Crippen molar-refractivity contribution >= 4 is 35.0 Å². The average Bonchev–Trinajstić information content (AvgIpc) is 2.51. The maximum Gasteiger partial charge on any atom is 0.234 e. The zero-order chi connectivity index (χ0) is 16.7. The summed E-state index contributed by atoms with van der Waals surface area (Å²) >= 11 is 7.42. The van der Waals surface area contributed by atoms with Crippen molar-refractivity contribution < 1.29 is 9.53 Å². The molecule has 0 saturated heterocycles. The first-order valence-electron chi connectivity index (χ1n) is 7.41. The molecule has 0 heterocycles. The molecule has 5 heteroatoms. The molecule has 2 rings (SSSR count). The highest BCUT2D eigenvalue weighted by molar-refractivity contribution is 7.99. The van der Waals surface area contributed by atoms with Crippen LogP contribution >= 0.6 is 23.4 Å². The SMILES string of the molecule is CC(C)Oc1ccc(NC(=O)CSCc2ccc(Cl)cc2)cc1. The summed E-state index contributed by atoms with van der Waals surface area (Å²) in [7, 11) is 0. The molecule has 23 heavy (non-hydrogen) atoms. The molecule has 0 radical (unpaired) electrons. The van der Waals surface area contributed by atoms with Crippen molar-refractivity contribution in [3.8, 4) is 5.75 Å². The third-order valence-electron chi connectivity index (χ3n) is 2.93. The normalized spacial score (nSPS) is 10.6. The van der Waals surface area contributed by atoms with Crippen LogP contribution in [0.4, 0.5) is 5.69 Å². The number of amides is 1. The average molecular weight is 350 g/mol. The van der Waals surface area contributed by atoms with Gasteiger partial charge in [-0.15, -0.1) is 11.8 Å². The van der Waals surface area contributed by atoms with E-state index in [0.717, 1.165) is 27.8 Å². The molecule has 2 aromatic carbocycles. The Kier molecular flexibility index (Phi) is 6.81. The number of hydrogen-bond donors (Lipinski definition) is 1. The van der Waals surface area contributed by atoms with E-state index in [1.807, 2.05) is 62.4 Å². The Morgan fingerprint density at radius 1 is 1.13 bits per heavy atom. The number of carbonyl (C=O) groups excluding carboxylic acids is 1. The van der Waals surface area contributed by atoms with E-state index in [4.69, 9.17) is 16.3 Å². The van der Waals surface area contributed by atoms with Gasteiger partial charge in [0.25, 0.3) is 0 Å². The van der Waals surface area contributed by atoms with E-state index in [9.17, 15) is 4.79 Å². The largest absolute Gasteiger partial charge is 0.491 e. The Bertz CT molecular complexity index is 626. The number of rotatable bonds is 7. The Labute approximate surface area is 146 Å². The number of hydrogen-bond acceptors (Lipinski definition) is 3. The lowest BCUT2D eigenvalue weighted by molar-refractivity contribution is -0.113. The molecule has 0 atom stereocenters. The van der Waals surface area contributed by atoms with Gasteiger partial charge in [-0.3, -0.25) is 4.79 Å². The Morgan fingerprint density at radius 3 is 2.39 bits per heavy atom. The Morgan fingerprint density at radius 2 is 1.78 bits per heavy atom. The van der Waals surface area contributed by atoms with Crippen LogP contribution in [0.15, 0.2) is 48.5 Å². The highest BCUT2D eigenvalue weighted by Gasteiger charge is 2.04. The van der Waals surface area contributed by atoms with Gasteiger partial charge in [-0.25, -0.2) is 0 Å². The van der Waals surface area contributed by atoms with Gasteiger partial charge in [0.2, 0.25) is 5.91 Å². The van der Waals surface area contributed by atoms with Gasteiger partial charge >= 0.3 is 0 Å². The van der Waals surface area contributed by atoms with Crippen molar-refractivity contribution in [2.45, 2.75) is 25.7 Å². The van der Waals surface area contributed by atoms with E-state index in [2.05, 4.69) is 5.32 Å². The van der Waals surface area contributed by atoms with Crippen LogP contribution in [0.1, 0.15) is 19.4 Å². The summed E-state index contributed by atoms with van der Waals surface area (Å²) in [4.78, 5) is 11.9. The maximum atomic E-state index is 11.9. The second kappa shape index (κ2) is 8.85. The molecule has 0 fully saturated rings. The Hall–Kier alpha value is -1.65. The van der Waals surface area contributed by atoms with Crippen molar-refractivity contribution in [1.29, 1.82) is 0 Å². The third-order valence-corrected chi connectivity index (χ3v) is 4.18.